The number of nitroso groups, excluding NO2 is 1. The second kappa shape index (κ2) is 6.83. The molecule has 0 aromatic heterocycles. The van der Waals surface area contributed by atoms with Gasteiger partial charge in [0.2, 0.25) is 0 Å². The maximum Gasteiger partial charge on any atom is 0.0838 e. The van der Waals surface area contributed by atoms with Gasteiger partial charge in [-0.25, -0.2) is 5.01 Å². The van der Waals surface area contributed by atoms with E-state index in [9.17, 15) is 10.1 Å². The molecule has 1 heterocycles. The Morgan fingerprint density at radius 2 is 1.25 bits per heavy atom. The number of rotatable bonds is 3. The monoisotopic (exact) mass is 323 g/mol. The second-order valence-electron chi connectivity index (χ2n) is 6.27. The summed E-state index contributed by atoms with van der Waals surface area (Å²) in [6, 6.07) is 19.0. The van der Waals surface area contributed by atoms with Crippen molar-refractivity contribution < 1.29 is 5.21 Å². The Labute approximate surface area is 141 Å². The highest BCUT2D eigenvalue weighted by Gasteiger charge is 2.45. The van der Waals surface area contributed by atoms with Gasteiger partial charge in [0.25, 0.3) is 0 Å². The first-order chi connectivity index (χ1) is 11.7. The van der Waals surface area contributed by atoms with Crippen LogP contribution < -0.4 is 0 Å². The Hall–Kier alpha value is -2.69. The summed E-state index contributed by atoms with van der Waals surface area (Å²) in [5.74, 6) is -0.241. The van der Waals surface area contributed by atoms with Crippen LogP contribution >= 0.6 is 0 Å². The van der Waals surface area contributed by atoms with E-state index in [2.05, 4.69) is 10.4 Å². The van der Waals surface area contributed by atoms with Gasteiger partial charge in [0.05, 0.1) is 23.1 Å². The Balaban J connectivity index is 2.13. The third-order valence-electron chi connectivity index (χ3n) is 4.94. The molecule has 0 aliphatic carbocycles. The zero-order valence-electron chi connectivity index (χ0n) is 13.8. The Kier molecular flexibility index (Phi) is 4.60. The summed E-state index contributed by atoms with van der Waals surface area (Å²) in [5, 5.41) is 18.2. The van der Waals surface area contributed by atoms with Crippen LogP contribution in [-0.4, -0.2) is 15.9 Å². The van der Waals surface area contributed by atoms with Crippen LogP contribution in [0.5, 0.6) is 0 Å². The molecule has 0 spiro atoms. The summed E-state index contributed by atoms with van der Waals surface area (Å²) in [5.41, 5.74) is 2.66. The molecule has 1 N–H and O–H groups in total. The highest BCUT2D eigenvalue weighted by molar-refractivity contribution is 5.90. The van der Waals surface area contributed by atoms with Crippen LogP contribution in [0.15, 0.2) is 71.1 Å². The number of piperidine rings is 1. The lowest BCUT2D eigenvalue weighted by Crippen LogP contribution is -2.46. The van der Waals surface area contributed by atoms with Gasteiger partial charge in [-0.05, 0) is 11.1 Å². The van der Waals surface area contributed by atoms with Crippen molar-refractivity contribution in [3.05, 3.63) is 76.7 Å². The number of hydrogen-bond donors (Lipinski definition) is 1. The Morgan fingerprint density at radius 3 is 1.58 bits per heavy atom. The van der Waals surface area contributed by atoms with E-state index in [4.69, 9.17) is 0 Å². The standard InChI is InChI=1S/C19H21N3O2/c1-13-17(20-23)14(2)19(16-11-7-4-8-12-16)22(21-24)18(13)15-9-5-3-6-10-15/h3-14,18-19,23H,1-2H3/t13-,14+,18-,19-/m0/s1. The number of nitrogens with zero attached hydrogens (tertiary/aromatic N) is 3. The summed E-state index contributed by atoms with van der Waals surface area (Å²) >= 11 is 0. The van der Waals surface area contributed by atoms with Crippen molar-refractivity contribution in [2.75, 3.05) is 0 Å². The molecule has 2 aromatic rings. The maximum atomic E-state index is 11.8. The molecule has 1 fully saturated rings. The molecule has 0 amide bonds. The molecule has 24 heavy (non-hydrogen) atoms. The van der Waals surface area contributed by atoms with E-state index in [0.29, 0.717) is 5.71 Å². The first-order valence-corrected chi connectivity index (χ1v) is 8.12. The number of hydrogen-bond acceptors (Lipinski definition) is 4. The highest BCUT2D eigenvalue weighted by atomic mass is 16.4. The molecule has 1 saturated heterocycles. The molecule has 1 aliphatic heterocycles. The van der Waals surface area contributed by atoms with Gasteiger partial charge < -0.3 is 5.21 Å². The zero-order valence-corrected chi connectivity index (χ0v) is 13.8. The van der Waals surface area contributed by atoms with Crippen molar-refractivity contribution in [3.8, 4) is 0 Å². The molecule has 0 saturated carbocycles. The summed E-state index contributed by atoms with van der Waals surface area (Å²) in [6.45, 7) is 3.95. The van der Waals surface area contributed by atoms with E-state index in [-0.39, 0.29) is 23.9 Å². The third-order valence-corrected chi connectivity index (χ3v) is 4.94. The van der Waals surface area contributed by atoms with Crippen molar-refractivity contribution in [1.29, 1.82) is 0 Å². The molecule has 124 valence electrons. The molecule has 5 heteroatoms. The average Bonchev–Trinajstić information content (AvgIpc) is 2.63. The van der Waals surface area contributed by atoms with E-state index in [0.717, 1.165) is 11.1 Å². The maximum absolute atomic E-state index is 11.8. The Bertz CT molecular complexity index is 662. The van der Waals surface area contributed by atoms with Crippen molar-refractivity contribution in [2.24, 2.45) is 22.3 Å². The summed E-state index contributed by atoms with van der Waals surface area (Å²) in [4.78, 5) is 11.8. The van der Waals surface area contributed by atoms with Crippen LogP contribution in [0.2, 0.25) is 0 Å². The predicted octanol–water partition coefficient (Wildman–Crippen LogP) is 4.57. The van der Waals surface area contributed by atoms with E-state index >= 15 is 0 Å². The fourth-order valence-corrected chi connectivity index (χ4v) is 3.84. The summed E-state index contributed by atoms with van der Waals surface area (Å²) in [7, 11) is 0. The van der Waals surface area contributed by atoms with Crippen molar-refractivity contribution in [3.63, 3.8) is 0 Å². The van der Waals surface area contributed by atoms with Crippen molar-refractivity contribution in [2.45, 2.75) is 25.9 Å². The van der Waals surface area contributed by atoms with Crippen LogP contribution in [0.4, 0.5) is 0 Å². The van der Waals surface area contributed by atoms with E-state index in [1.807, 2.05) is 74.5 Å². The number of benzene rings is 2. The number of oxime groups is 1. The van der Waals surface area contributed by atoms with E-state index in [1.54, 1.807) is 5.01 Å². The van der Waals surface area contributed by atoms with Crippen LogP contribution in [0.1, 0.15) is 37.1 Å². The lowest BCUT2D eigenvalue weighted by molar-refractivity contribution is 0.0692. The molecule has 5 nitrogen and oxygen atoms in total. The predicted molar refractivity (Wildman–Crippen MR) is 93.5 cm³/mol. The molecule has 2 aromatic carbocycles. The van der Waals surface area contributed by atoms with Crippen LogP contribution in [0.3, 0.4) is 0 Å². The van der Waals surface area contributed by atoms with Crippen LogP contribution in [-0.2, 0) is 0 Å². The van der Waals surface area contributed by atoms with Crippen molar-refractivity contribution >= 4 is 5.71 Å². The first kappa shape index (κ1) is 16.2. The molecule has 3 rings (SSSR count). The third kappa shape index (κ3) is 2.66. The minimum Gasteiger partial charge on any atom is -0.411 e. The highest BCUT2D eigenvalue weighted by Crippen LogP contribution is 2.46. The molecule has 0 unspecified atom stereocenters. The second-order valence-corrected chi connectivity index (χ2v) is 6.27. The van der Waals surface area contributed by atoms with Gasteiger partial charge in [0.15, 0.2) is 0 Å². The van der Waals surface area contributed by atoms with Gasteiger partial charge in [-0.1, -0.05) is 79.7 Å². The normalized spacial score (nSPS) is 28.8. The topological polar surface area (TPSA) is 65.3 Å². The van der Waals surface area contributed by atoms with Gasteiger partial charge in [0.1, 0.15) is 0 Å². The summed E-state index contributed by atoms with van der Waals surface area (Å²) < 4.78 is 0. The Morgan fingerprint density at radius 1 is 0.833 bits per heavy atom. The van der Waals surface area contributed by atoms with E-state index in [1.165, 1.54) is 0 Å². The molecule has 0 radical (unpaired) electrons. The van der Waals surface area contributed by atoms with Crippen LogP contribution in [0, 0.1) is 16.7 Å². The molecule has 4 atom stereocenters. The van der Waals surface area contributed by atoms with Gasteiger partial charge in [-0.15, -0.1) is 4.91 Å². The molecular formula is C19H21N3O2. The van der Waals surface area contributed by atoms with Gasteiger partial charge in [-0.3, -0.25) is 0 Å². The molecule has 1 aliphatic rings. The lowest BCUT2D eigenvalue weighted by atomic mass is 9.75. The molecular weight excluding hydrogens is 302 g/mol. The summed E-state index contributed by atoms with van der Waals surface area (Å²) in [6.07, 6.45) is 0. The minimum absolute atomic E-state index is 0.120. The zero-order chi connectivity index (χ0) is 17.1. The van der Waals surface area contributed by atoms with Gasteiger partial charge in [-0.2, -0.15) is 0 Å². The van der Waals surface area contributed by atoms with Gasteiger partial charge in [0, 0.05) is 11.8 Å². The van der Waals surface area contributed by atoms with Gasteiger partial charge >= 0.3 is 0 Å². The first-order valence-electron chi connectivity index (χ1n) is 8.12. The lowest BCUT2D eigenvalue weighted by Gasteiger charge is -2.45. The van der Waals surface area contributed by atoms with Crippen molar-refractivity contribution in [1.82, 2.24) is 5.01 Å². The van der Waals surface area contributed by atoms with Crippen LogP contribution in [0.25, 0.3) is 0 Å². The minimum atomic E-state index is -0.268. The average molecular weight is 323 g/mol. The van der Waals surface area contributed by atoms with E-state index < -0.39 is 0 Å². The SMILES string of the molecule is C[C@@H]1C(=NO)[C@H](C)[C@@H](c2ccccc2)N(N=O)[C@@H]1c1ccccc1. The largest absolute Gasteiger partial charge is 0.411 e. The quantitative estimate of drug-likeness (QED) is 0.511. The molecule has 0 bridgehead atoms. The fourth-order valence-electron chi connectivity index (χ4n) is 3.84. The smallest absolute Gasteiger partial charge is 0.0838 e. The fraction of sp³-hybridized carbons (Fsp3) is 0.316.